The molecule has 122 valence electrons. The van der Waals surface area contributed by atoms with Gasteiger partial charge < -0.3 is 9.47 Å². The quantitative estimate of drug-likeness (QED) is 0.666. The number of amides is 1. The van der Waals surface area contributed by atoms with Crippen LogP contribution >= 0.6 is 0 Å². The molecule has 2 heterocycles. The van der Waals surface area contributed by atoms with Crippen LogP contribution in [0.3, 0.4) is 0 Å². The smallest absolute Gasteiger partial charge is 0.276 e. The van der Waals surface area contributed by atoms with Crippen molar-refractivity contribution < 1.29 is 19.5 Å². The number of hydroxylamine groups is 1. The first kappa shape index (κ1) is 15.7. The predicted octanol–water partition coefficient (Wildman–Crippen LogP) is 2.61. The van der Waals surface area contributed by atoms with Crippen molar-refractivity contribution in [2.45, 2.75) is 6.42 Å². The van der Waals surface area contributed by atoms with E-state index < -0.39 is 5.91 Å². The number of ether oxygens (including phenoxy) is 2. The van der Waals surface area contributed by atoms with Crippen LogP contribution < -0.4 is 15.0 Å². The molecule has 0 saturated heterocycles. The molecule has 3 rings (SSSR count). The zero-order valence-corrected chi connectivity index (χ0v) is 12.9. The fourth-order valence-corrected chi connectivity index (χ4v) is 2.24. The van der Waals surface area contributed by atoms with Gasteiger partial charge in [0, 0.05) is 36.5 Å². The second kappa shape index (κ2) is 6.93. The number of pyridine rings is 1. The summed E-state index contributed by atoms with van der Waals surface area (Å²) in [5.74, 6) is 1.04. The Hall–Kier alpha value is -3.19. The lowest BCUT2D eigenvalue weighted by atomic mass is 10.1. The molecule has 1 amide bonds. The van der Waals surface area contributed by atoms with Crippen LogP contribution in [0.2, 0.25) is 0 Å². The van der Waals surface area contributed by atoms with Gasteiger partial charge in [0.05, 0.1) is 18.2 Å². The van der Waals surface area contributed by atoms with Crippen molar-refractivity contribution in [3.8, 4) is 11.5 Å². The summed E-state index contributed by atoms with van der Waals surface area (Å²) in [4.78, 5) is 19.8. The number of hydrogen-bond acceptors (Lipinski definition) is 6. The zero-order chi connectivity index (χ0) is 16.9. The largest absolute Gasteiger partial charge is 0.493 e. The van der Waals surface area contributed by atoms with Gasteiger partial charge in [-0.3, -0.25) is 20.0 Å². The van der Waals surface area contributed by atoms with Crippen molar-refractivity contribution >= 4 is 23.0 Å². The molecule has 0 atom stereocenters. The van der Waals surface area contributed by atoms with E-state index in [0.29, 0.717) is 34.6 Å². The molecular formula is C17H15N3O4. The maximum absolute atomic E-state index is 11.5. The lowest BCUT2D eigenvalue weighted by Crippen LogP contribution is -2.18. The third kappa shape index (κ3) is 3.26. The molecule has 0 unspecified atom stereocenters. The Morgan fingerprint density at radius 3 is 2.96 bits per heavy atom. The maximum Gasteiger partial charge on any atom is 0.276 e. The zero-order valence-electron chi connectivity index (χ0n) is 12.9. The Kier molecular flexibility index (Phi) is 4.53. The number of aromatic nitrogens is 1. The summed E-state index contributed by atoms with van der Waals surface area (Å²) in [6.45, 7) is 0. The first-order valence-electron chi connectivity index (χ1n) is 7.19. The van der Waals surface area contributed by atoms with Crippen LogP contribution in [0.5, 0.6) is 11.5 Å². The van der Waals surface area contributed by atoms with E-state index >= 15 is 0 Å². The van der Waals surface area contributed by atoms with Crippen LogP contribution in [0.1, 0.15) is 16.8 Å². The van der Waals surface area contributed by atoms with E-state index in [1.54, 1.807) is 42.2 Å². The molecule has 0 radical (unpaired) electrons. The summed E-state index contributed by atoms with van der Waals surface area (Å²) >= 11 is 0. The van der Waals surface area contributed by atoms with E-state index in [9.17, 15) is 4.79 Å². The number of benzene rings is 1. The number of fused-ring (bicyclic) bond motifs is 1. The Morgan fingerprint density at radius 1 is 1.29 bits per heavy atom. The minimum Gasteiger partial charge on any atom is -0.493 e. The van der Waals surface area contributed by atoms with Crippen LogP contribution in [0, 0.1) is 0 Å². The SMILES string of the molecule is COc1cc2cc(C(=O)NO)cnc2cc1OC1=CCC=NC=C1. The molecule has 7 nitrogen and oxygen atoms in total. The monoisotopic (exact) mass is 325 g/mol. The highest BCUT2D eigenvalue weighted by Crippen LogP contribution is 2.33. The highest BCUT2D eigenvalue weighted by Gasteiger charge is 2.12. The summed E-state index contributed by atoms with van der Waals surface area (Å²) in [6.07, 6.45) is 9.15. The number of aliphatic imine (C=N–C) groups is 1. The van der Waals surface area contributed by atoms with Gasteiger partial charge in [0.2, 0.25) is 0 Å². The molecule has 0 spiro atoms. The van der Waals surface area contributed by atoms with Gasteiger partial charge in [-0.25, -0.2) is 5.48 Å². The number of rotatable bonds is 4. The molecule has 24 heavy (non-hydrogen) atoms. The fraction of sp³-hybridized carbons (Fsp3) is 0.118. The van der Waals surface area contributed by atoms with E-state index in [0.717, 1.165) is 0 Å². The molecule has 1 aromatic carbocycles. The van der Waals surface area contributed by atoms with Crippen LogP contribution in [0.15, 0.2) is 53.5 Å². The number of methoxy groups -OCH3 is 1. The second-order valence-electron chi connectivity index (χ2n) is 4.95. The first-order valence-corrected chi connectivity index (χ1v) is 7.19. The van der Waals surface area contributed by atoms with Gasteiger partial charge >= 0.3 is 0 Å². The van der Waals surface area contributed by atoms with Crippen molar-refractivity contribution in [2.24, 2.45) is 4.99 Å². The normalized spacial score (nSPS) is 13.3. The number of nitrogens with zero attached hydrogens (tertiary/aromatic N) is 2. The summed E-state index contributed by atoms with van der Waals surface area (Å²) in [5, 5.41) is 9.40. The predicted molar refractivity (Wildman–Crippen MR) is 88.5 cm³/mol. The van der Waals surface area contributed by atoms with Crippen molar-refractivity contribution in [1.29, 1.82) is 0 Å². The molecule has 0 saturated carbocycles. The molecule has 7 heteroatoms. The van der Waals surface area contributed by atoms with Gasteiger partial charge in [-0.05, 0) is 24.3 Å². The van der Waals surface area contributed by atoms with Gasteiger partial charge in [0.25, 0.3) is 5.91 Å². The molecular weight excluding hydrogens is 310 g/mol. The molecule has 2 N–H and O–H groups in total. The van der Waals surface area contributed by atoms with Gasteiger partial charge in [0.15, 0.2) is 11.5 Å². The molecule has 1 aromatic heterocycles. The van der Waals surface area contributed by atoms with E-state index in [1.807, 2.05) is 6.08 Å². The van der Waals surface area contributed by atoms with Crippen LogP contribution in [0.25, 0.3) is 10.9 Å². The van der Waals surface area contributed by atoms with Crippen LogP contribution in [-0.2, 0) is 0 Å². The number of hydrogen-bond donors (Lipinski definition) is 2. The summed E-state index contributed by atoms with van der Waals surface area (Å²) in [7, 11) is 1.53. The van der Waals surface area contributed by atoms with E-state index in [2.05, 4.69) is 9.98 Å². The summed E-state index contributed by atoms with van der Waals surface area (Å²) in [6, 6.07) is 5.07. The average molecular weight is 325 g/mol. The number of nitrogens with one attached hydrogen (secondary N) is 1. The first-order chi connectivity index (χ1) is 11.7. The second-order valence-corrected chi connectivity index (χ2v) is 4.95. The molecule has 0 aliphatic carbocycles. The fourth-order valence-electron chi connectivity index (χ4n) is 2.24. The van der Waals surface area contributed by atoms with Crippen molar-refractivity contribution in [3.05, 3.63) is 54.1 Å². The third-order valence-corrected chi connectivity index (χ3v) is 3.41. The number of carbonyl (C=O) groups excluding carboxylic acids is 1. The number of allylic oxidation sites excluding steroid dienone is 2. The molecule has 1 aliphatic rings. The van der Waals surface area contributed by atoms with E-state index in [4.69, 9.17) is 14.7 Å². The van der Waals surface area contributed by atoms with E-state index in [-0.39, 0.29) is 5.56 Å². The lowest BCUT2D eigenvalue weighted by Gasteiger charge is -2.12. The van der Waals surface area contributed by atoms with Crippen molar-refractivity contribution in [3.63, 3.8) is 0 Å². The lowest BCUT2D eigenvalue weighted by molar-refractivity contribution is 0.0706. The van der Waals surface area contributed by atoms with Gasteiger partial charge in [-0.2, -0.15) is 0 Å². The minimum atomic E-state index is -0.627. The Balaban J connectivity index is 1.99. The maximum atomic E-state index is 11.5. The third-order valence-electron chi connectivity index (χ3n) is 3.41. The Labute approximate surface area is 137 Å². The van der Waals surface area contributed by atoms with E-state index in [1.165, 1.54) is 13.3 Å². The van der Waals surface area contributed by atoms with Crippen molar-refractivity contribution in [1.82, 2.24) is 10.5 Å². The molecule has 2 aromatic rings. The summed E-state index contributed by atoms with van der Waals surface area (Å²) < 4.78 is 11.2. The Morgan fingerprint density at radius 2 is 2.17 bits per heavy atom. The molecule has 0 fully saturated rings. The molecule has 0 bridgehead atoms. The number of carbonyl (C=O) groups is 1. The van der Waals surface area contributed by atoms with Crippen molar-refractivity contribution in [2.75, 3.05) is 7.11 Å². The standard InChI is InChI=1S/C17H15N3O4/c1-23-15-8-11-7-12(17(21)20-22)10-19-14(11)9-16(15)24-13-3-2-5-18-6-4-13/h3-10,22H,2H2,1H3,(H,20,21). The minimum absolute atomic E-state index is 0.243. The Bertz CT molecular complexity index is 872. The highest BCUT2D eigenvalue weighted by molar-refractivity contribution is 5.97. The topological polar surface area (TPSA) is 93.0 Å². The summed E-state index contributed by atoms with van der Waals surface area (Å²) in [5.41, 5.74) is 2.46. The highest BCUT2D eigenvalue weighted by atomic mass is 16.5. The van der Waals surface area contributed by atoms with Crippen LogP contribution in [-0.4, -0.2) is 29.4 Å². The van der Waals surface area contributed by atoms with Gasteiger partial charge in [-0.1, -0.05) is 0 Å². The van der Waals surface area contributed by atoms with Gasteiger partial charge in [-0.15, -0.1) is 0 Å². The van der Waals surface area contributed by atoms with Gasteiger partial charge in [0.1, 0.15) is 5.76 Å². The molecule has 1 aliphatic heterocycles. The average Bonchev–Trinajstić information content (AvgIpc) is 2.88. The van der Waals surface area contributed by atoms with Crippen LogP contribution in [0.4, 0.5) is 0 Å².